The number of oxime groups is 1. The van der Waals surface area contributed by atoms with Gasteiger partial charge in [0.1, 0.15) is 29.7 Å². The highest BCUT2D eigenvalue weighted by Crippen LogP contribution is 2.62. The minimum Gasteiger partial charge on any atom is -0.490 e. The standard InChI is InChI=1S/C42H62N2O9/c1-6-22-50-31-16-17-36-34(27-31)38-32(13-9-11-20-46)30(12-8-10-19-45)26-33-35(43-53-41(3,4)5)28-37(42(52-36,39(33)38)51-23-7-2)44(18-24-49-25-21-47)40(48)29-14-15-29/h6-7,16-17,26-27,29-30,32,37-39,45-47H,1-2,8-15,18-25,28H2,3-5H3/t30-,32+,37-,38+,39+,42+/m0/s1. The summed E-state index contributed by atoms with van der Waals surface area (Å²) in [4.78, 5) is 22.5. The predicted octanol–water partition coefficient (Wildman–Crippen LogP) is 5.93. The zero-order valence-corrected chi connectivity index (χ0v) is 32.0. The number of ether oxygens (including phenoxy) is 4. The van der Waals surface area contributed by atoms with Gasteiger partial charge in [0.25, 0.3) is 0 Å². The Kier molecular flexibility index (Phi) is 14.6. The van der Waals surface area contributed by atoms with Gasteiger partial charge in [0.2, 0.25) is 11.7 Å². The van der Waals surface area contributed by atoms with Gasteiger partial charge in [0, 0.05) is 43.6 Å². The van der Waals surface area contributed by atoms with Gasteiger partial charge in [-0.15, -0.1) is 6.58 Å². The van der Waals surface area contributed by atoms with Crippen LogP contribution >= 0.6 is 0 Å². The highest BCUT2D eigenvalue weighted by molar-refractivity contribution is 6.03. The van der Waals surface area contributed by atoms with Crippen molar-refractivity contribution in [3.05, 3.63) is 60.7 Å². The van der Waals surface area contributed by atoms with Gasteiger partial charge in [-0.3, -0.25) is 4.79 Å². The van der Waals surface area contributed by atoms with Crippen LogP contribution in [-0.4, -0.2) is 102 Å². The van der Waals surface area contributed by atoms with E-state index in [4.69, 9.17) is 28.9 Å². The fourth-order valence-electron chi connectivity index (χ4n) is 8.40. The molecular formula is C42H62N2O9. The summed E-state index contributed by atoms with van der Waals surface area (Å²) in [5.74, 6) is -0.290. The van der Waals surface area contributed by atoms with E-state index in [1.54, 1.807) is 12.2 Å². The lowest BCUT2D eigenvalue weighted by atomic mass is 9.55. The molecule has 1 amide bonds. The molecule has 2 saturated carbocycles. The first-order valence-corrected chi connectivity index (χ1v) is 19.6. The number of aliphatic hydroxyl groups is 3. The third-order valence-electron chi connectivity index (χ3n) is 10.7. The third-order valence-corrected chi connectivity index (χ3v) is 10.7. The molecule has 0 bridgehead atoms. The molecule has 5 rings (SSSR count). The summed E-state index contributed by atoms with van der Waals surface area (Å²) in [7, 11) is 0. The number of rotatable bonds is 22. The number of aliphatic hydroxyl groups excluding tert-OH is 3. The number of hydrogen-bond acceptors (Lipinski definition) is 10. The van der Waals surface area contributed by atoms with E-state index in [1.807, 2.05) is 37.8 Å². The minimum atomic E-state index is -1.32. The number of amides is 1. The topological polar surface area (TPSA) is 140 Å². The van der Waals surface area contributed by atoms with Gasteiger partial charge in [-0.25, -0.2) is 0 Å². The molecule has 3 N–H and O–H groups in total. The van der Waals surface area contributed by atoms with Crippen molar-refractivity contribution in [2.45, 2.75) is 102 Å². The van der Waals surface area contributed by atoms with Crippen LogP contribution in [0.5, 0.6) is 11.5 Å². The summed E-state index contributed by atoms with van der Waals surface area (Å²) in [6.07, 6.45) is 12.6. The molecule has 0 spiro atoms. The Bertz CT molecular complexity index is 1450. The van der Waals surface area contributed by atoms with E-state index in [2.05, 4.69) is 25.3 Å². The average molecular weight is 739 g/mol. The normalized spacial score (nSPS) is 26.9. The highest BCUT2D eigenvalue weighted by Gasteiger charge is 2.66. The molecule has 0 unspecified atom stereocenters. The fraction of sp³-hybridized carbons (Fsp3) is 0.667. The zero-order chi connectivity index (χ0) is 38.0. The molecule has 11 nitrogen and oxygen atoms in total. The second-order valence-electron chi connectivity index (χ2n) is 15.7. The number of benzene rings is 1. The number of allylic oxidation sites excluding steroid dienone is 1. The van der Waals surface area contributed by atoms with Crippen molar-refractivity contribution < 1.29 is 43.9 Å². The number of carbonyl (C=O) groups excluding carboxylic acids is 1. The van der Waals surface area contributed by atoms with Crippen LogP contribution in [0.2, 0.25) is 0 Å². The number of carbonyl (C=O) groups is 1. The summed E-state index contributed by atoms with van der Waals surface area (Å²) >= 11 is 0. The van der Waals surface area contributed by atoms with Crippen LogP contribution in [0.3, 0.4) is 0 Å². The van der Waals surface area contributed by atoms with Crippen molar-refractivity contribution in [1.82, 2.24) is 4.90 Å². The molecule has 0 aromatic heterocycles. The van der Waals surface area contributed by atoms with Gasteiger partial charge < -0.3 is 44.0 Å². The van der Waals surface area contributed by atoms with Crippen LogP contribution in [0, 0.1) is 23.7 Å². The zero-order valence-electron chi connectivity index (χ0n) is 32.0. The predicted molar refractivity (Wildman–Crippen MR) is 204 cm³/mol. The van der Waals surface area contributed by atoms with Gasteiger partial charge in [0.15, 0.2) is 0 Å². The Labute approximate surface area is 315 Å². The van der Waals surface area contributed by atoms with Crippen LogP contribution in [-0.2, 0) is 19.1 Å². The maximum absolute atomic E-state index is 14.4. The Morgan fingerprint density at radius 2 is 1.75 bits per heavy atom. The van der Waals surface area contributed by atoms with Gasteiger partial charge in [0.05, 0.1) is 38.1 Å². The molecule has 11 heteroatoms. The fourth-order valence-corrected chi connectivity index (χ4v) is 8.40. The summed E-state index contributed by atoms with van der Waals surface area (Å²) in [5, 5.41) is 34.0. The number of nitrogens with zero attached hydrogens (tertiary/aromatic N) is 2. The molecule has 294 valence electrons. The first-order chi connectivity index (χ1) is 25.6. The van der Waals surface area contributed by atoms with Gasteiger partial charge in [-0.05, 0) is 94.9 Å². The molecule has 1 aliphatic heterocycles. The summed E-state index contributed by atoms with van der Waals surface area (Å²) in [5.41, 5.74) is 2.19. The third kappa shape index (κ3) is 9.72. The second-order valence-corrected chi connectivity index (χ2v) is 15.7. The van der Waals surface area contributed by atoms with Crippen molar-refractivity contribution in [2.24, 2.45) is 28.8 Å². The molecule has 1 aromatic carbocycles. The van der Waals surface area contributed by atoms with Crippen LogP contribution in [0.15, 0.2) is 60.3 Å². The van der Waals surface area contributed by atoms with E-state index in [0.717, 1.165) is 55.4 Å². The maximum atomic E-state index is 14.4. The largest absolute Gasteiger partial charge is 0.490 e. The van der Waals surface area contributed by atoms with Crippen molar-refractivity contribution >= 4 is 11.6 Å². The molecular weight excluding hydrogens is 676 g/mol. The maximum Gasteiger partial charge on any atom is 0.239 e. The van der Waals surface area contributed by atoms with E-state index in [9.17, 15) is 20.1 Å². The summed E-state index contributed by atoms with van der Waals surface area (Å²) < 4.78 is 26.1. The first kappa shape index (κ1) is 41.0. The minimum absolute atomic E-state index is 0.0315. The van der Waals surface area contributed by atoms with E-state index in [1.165, 1.54) is 0 Å². The summed E-state index contributed by atoms with van der Waals surface area (Å²) in [6.45, 7) is 15.1. The van der Waals surface area contributed by atoms with Crippen molar-refractivity contribution in [1.29, 1.82) is 0 Å². The SMILES string of the molecule is C=CCOc1ccc2c(c1)[C@H]1[C@H](CCCCO)[C@@H](CCCCO)C=C3C(=NOC(C)(C)C)C[C@H](N(CCOCCO)C(=O)C4CC4)[C@@](OCC=C)(O2)[C@H]31. The van der Waals surface area contributed by atoms with Gasteiger partial charge >= 0.3 is 0 Å². The van der Waals surface area contributed by atoms with Crippen LogP contribution in [0.1, 0.15) is 90.0 Å². The van der Waals surface area contributed by atoms with E-state index >= 15 is 0 Å². The summed E-state index contributed by atoms with van der Waals surface area (Å²) in [6, 6.07) is 5.33. The monoisotopic (exact) mass is 738 g/mol. The highest BCUT2D eigenvalue weighted by atomic mass is 16.7. The molecule has 1 heterocycles. The molecule has 0 radical (unpaired) electrons. The van der Waals surface area contributed by atoms with Gasteiger partial charge in [-0.2, -0.15) is 0 Å². The van der Waals surface area contributed by atoms with E-state index < -0.39 is 23.3 Å². The molecule has 4 aliphatic rings. The average Bonchev–Trinajstić information content (AvgIpc) is 3.99. The number of fused-ring (bicyclic) bond motifs is 2. The molecule has 53 heavy (non-hydrogen) atoms. The lowest BCUT2D eigenvalue weighted by Crippen LogP contribution is -2.70. The smallest absolute Gasteiger partial charge is 0.239 e. The molecule has 6 atom stereocenters. The van der Waals surface area contributed by atoms with Crippen LogP contribution in [0.4, 0.5) is 0 Å². The van der Waals surface area contributed by atoms with Crippen molar-refractivity contribution in [3.8, 4) is 11.5 Å². The quantitative estimate of drug-likeness (QED) is 0.0751. The molecule has 2 fully saturated rings. The van der Waals surface area contributed by atoms with Crippen LogP contribution in [0.25, 0.3) is 0 Å². The van der Waals surface area contributed by atoms with Crippen LogP contribution < -0.4 is 9.47 Å². The number of hydrogen-bond donors (Lipinski definition) is 3. The number of unbranched alkanes of at least 4 members (excludes halogenated alkanes) is 2. The Hall–Kier alpha value is -3.22. The Morgan fingerprint density at radius 1 is 1.02 bits per heavy atom. The molecule has 3 aliphatic carbocycles. The lowest BCUT2D eigenvalue weighted by molar-refractivity contribution is -0.258. The lowest BCUT2D eigenvalue weighted by Gasteiger charge is -2.60. The van der Waals surface area contributed by atoms with E-state index in [-0.39, 0.29) is 75.8 Å². The Balaban J connectivity index is 1.77. The Morgan fingerprint density at radius 3 is 2.42 bits per heavy atom. The van der Waals surface area contributed by atoms with Gasteiger partial charge in [-0.1, -0.05) is 42.8 Å². The van der Waals surface area contributed by atoms with E-state index in [0.29, 0.717) is 37.4 Å². The first-order valence-electron chi connectivity index (χ1n) is 19.6. The molecule has 1 aromatic rings. The van der Waals surface area contributed by atoms with Crippen molar-refractivity contribution in [2.75, 3.05) is 52.8 Å². The van der Waals surface area contributed by atoms with Crippen molar-refractivity contribution in [3.63, 3.8) is 0 Å². The second kappa shape index (κ2) is 18.9. The molecule has 0 saturated heterocycles.